The van der Waals surface area contributed by atoms with Gasteiger partial charge in [-0.05, 0) is 30.7 Å². The zero-order valence-corrected chi connectivity index (χ0v) is 12.1. The van der Waals surface area contributed by atoms with Gasteiger partial charge in [0.05, 0.1) is 0 Å². The monoisotopic (exact) mass is 295 g/mol. The van der Waals surface area contributed by atoms with E-state index in [1.54, 1.807) is 30.5 Å². The molecule has 1 aromatic heterocycles. The summed E-state index contributed by atoms with van der Waals surface area (Å²) in [4.78, 5) is 0. The molecule has 2 aromatic rings. The second-order valence-electron chi connectivity index (χ2n) is 4.82. The van der Waals surface area contributed by atoms with E-state index in [-0.39, 0.29) is 11.8 Å². The van der Waals surface area contributed by atoms with Gasteiger partial charge in [-0.2, -0.15) is 13.9 Å². The third kappa shape index (κ3) is 4.53. The van der Waals surface area contributed by atoms with Gasteiger partial charge in [-0.25, -0.2) is 0 Å². The Hall–Kier alpha value is -1.95. The second-order valence-corrected chi connectivity index (χ2v) is 4.82. The van der Waals surface area contributed by atoms with E-state index in [9.17, 15) is 8.78 Å². The molecule has 1 heterocycles. The van der Waals surface area contributed by atoms with Crippen LogP contribution in [-0.2, 0) is 13.5 Å². The van der Waals surface area contributed by atoms with Crippen molar-refractivity contribution in [3.05, 3.63) is 47.8 Å². The van der Waals surface area contributed by atoms with Crippen LogP contribution in [-0.4, -0.2) is 22.9 Å². The van der Waals surface area contributed by atoms with E-state index in [2.05, 4.69) is 15.2 Å². The lowest BCUT2D eigenvalue weighted by Crippen LogP contribution is -2.22. The molecular weight excluding hydrogens is 276 g/mol. The second kappa shape index (κ2) is 7.17. The SMILES string of the molecule is CC(NCCc1ccnn1C)c1ccc(OC(F)F)cc1. The lowest BCUT2D eigenvalue weighted by atomic mass is 10.1. The average Bonchev–Trinajstić information content (AvgIpc) is 2.84. The van der Waals surface area contributed by atoms with Gasteiger partial charge in [0.1, 0.15) is 5.75 Å². The average molecular weight is 295 g/mol. The van der Waals surface area contributed by atoms with Crippen LogP contribution in [0.15, 0.2) is 36.5 Å². The lowest BCUT2D eigenvalue weighted by Gasteiger charge is -2.15. The molecule has 1 atom stereocenters. The Kier molecular flexibility index (Phi) is 5.27. The zero-order chi connectivity index (χ0) is 15.2. The summed E-state index contributed by atoms with van der Waals surface area (Å²) in [6.45, 7) is 0.0626. The van der Waals surface area contributed by atoms with Crippen molar-refractivity contribution in [2.45, 2.75) is 26.0 Å². The normalized spacial score (nSPS) is 12.6. The summed E-state index contributed by atoms with van der Waals surface area (Å²) in [7, 11) is 1.92. The molecule has 0 amide bonds. The maximum atomic E-state index is 12.1. The smallest absolute Gasteiger partial charge is 0.387 e. The number of aryl methyl sites for hydroxylation is 1. The predicted molar refractivity (Wildman–Crippen MR) is 76.4 cm³/mol. The summed E-state index contributed by atoms with van der Waals surface area (Å²) >= 11 is 0. The molecule has 114 valence electrons. The van der Waals surface area contributed by atoms with Crippen LogP contribution in [0.1, 0.15) is 24.2 Å². The van der Waals surface area contributed by atoms with Crippen molar-refractivity contribution in [3.63, 3.8) is 0 Å². The maximum Gasteiger partial charge on any atom is 0.387 e. The first-order valence-corrected chi connectivity index (χ1v) is 6.81. The van der Waals surface area contributed by atoms with E-state index in [0.717, 1.165) is 24.2 Å². The van der Waals surface area contributed by atoms with E-state index in [0.29, 0.717) is 0 Å². The number of ether oxygens (including phenoxy) is 1. The van der Waals surface area contributed by atoms with Gasteiger partial charge in [-0.1, -0.05) is 12.1 Å². The minimum Gasteiger partial charge on any atom is -0.435 e. The Balaban J connectivity index is 1.82. The quantitative estimate of drug-likeness (QED) is 0.853. The van der Waals surface area contributed by atoms with Gasteiger partial charge < -0.3 is 10.1 Å². The van der Waals surface area contributed by atoms with Crippen LogP contribution in [0.25, 0.3) is 0 Å². The fourth-order valence-corrected chi connectivity index (χ4v) is 2.12. The molecule has 21 heavy (non-hydrogen) atoms. The first-order valence-electron chi connectivity index (χ1n) is 6.81. The molecular formula is C15H19F2N3O. The zero-order valence-electron chi connectivity index (χ0n) is 12.1. The van der Waals surface area contributed by atoms with Crippen LogP contribution in [0.5, 0.6) is 5.75 Å². The van der Waals surface area contributed by atoms with E-state index in [4.69, 9.17) is 0 Å². The molecule has 0 bridgehead atoms. The topological polar surface area (TPSA) is 39.1 Å². The van der Waals surface area contributed by atoms with Crippen LogP contribution in [0.2, 0.25) is 0 Å². The highest BCUT2D eigenvalue weighted by atomic mass is 19.3. The highest BCUT2D eigenvalue weighted by Crippen LogP contribution is 2.19. The largest absolute Gasteiger partial charge is 0.435 e. The first kappa shape index (κ1) is 15.4. The number of hydrogen-bond donors (Lipinski definition) is 1. The number of benzene rings is 1. The van der Waals surface area contributed by atoms with E-state index in [1.807, 2.05) is 24.7 Å². The van der Waals surface area contributed by atoms with Gasteiger partial charge in [0.25, 0.3) is 0 Å². The van der Waals surface area contributed by atoms with Gasteiger partial charge in [0.2, 0.25) is 0 Å². The molecule has 0 aliphatic rings. The van der Waals surface area contributed by atoms with Crippen molar-refractivity contribution in [1.82, 2.24) is 15.1 Å². The molecule has 0 spiro atoms. The van der Waals surface area contributed by atoms with Crippen LogP contribution in [0.4, 0.5) is 8.78 Å². The summed E-state index contributed by atoms with van der Waals surface area (Å²) < 4.78 is 30.3. The van der Waals surface area contributed by atoms with Crippen molar-refractivity contribution < 1.29 is 13.5 Å². The minimum absolute atomic E-state index is 0.138. The number of nitrogens with zero attached hydrogens (tertiary/aromatic N) is 2. The Labute approximate surface area is 122 Å². The molecule has 0 aliphatic carbocycles. The van der Waals surface area contributed by atoms with E-state index >= 15 is 0 Å². The maximum absolute atomic E-state index is 12.1. The van der Waals surface area contributed by atoms with Gasteiger partial charge in [-0.15, -0.1) is 0 Å². The molecule has 0 saturated heterocycles. The lowest BCUT2D eigenvalue weighted by molar-refractivity contribution is -0.0498. The number of hydrogen-bond acceptors (Lipinski definition) is 3. The highest BCUT2D eigenvalue weighted by Gasteiger charge is 2.08. The number of halogens is 2. The predicted octanol–water partition coefficient (Wildman–Crippen LogP) is 2.91. The third-order valence-electron chi connectivity index (χ3n) is 3.36. The fourth-order valence-electron chi connectivity index (χ4n) is 2.12. The Bertz CT molecular complexity index is 554. The minimum atomic E-state index is -2.79. The van der Waals surface area contributed by atoms with Gasteiger partial charge in [0.15, 0.2) is 0 Å². The van der Waals surface area contributed by atoms with Crippen molar-refractivity contribution in [1.29, 1.82) is 0 Å². The molecule has 6 heteroatoms. The fraction of sp³-hybridized carbons (Fsp3) is 0.400. The van der Waals surface area contributed by atoms with Crippen molar-refractivity contribution in [2.24, 2.45) is 7.05 Å². The summed E-state index contributed by atoms with van der Waals surface area (Å²) in [5.41, 5.74) is 2.19. The highest BCUT2D eigenvalue weighted by molar-refractivity contribution is 5.28. The third-order valence-corrected chi connectivity index (χ3v) is 3.36. The van der Waals surface area contributed by atoms with Crippen molar-refractivity contribution >= 4 is 0 Å². The van der Waals surface area contributed by atoms with Gasteiger partial charge in [0, 0.05) is 37.9 Å². The Morgan fingerprint density at radius 1 is 1.24 bits per heavy atom. The summed E-state index contributed by atoms with van der Waals surface area (Å²) in [6, 6.07) is 8.82. The van der Waals surface area contributed by atoms with E-state index in [1.165, 1.54) is 0 Å². The van der Waals surface area contributed by atoms with E-state index < -0.39 is 6.61 Å². The molecule has 0 fully saturated rings. The molecule has 0 radical (unpaired) electrons. The van der Waals surface area contributed by atoms with Gasteiger partial charge in [-0.3, -0.25) is 4.68 Å². The first-order chi connectivity index (χ1) is 10.1. The van der Waals surface area contributed by atoms with Crippen LogP contribution in [0.3, 0.4) is 0 Å². The molecule has 1 aromatic carbocycles. The molecule has 1 N–H and O–H groups in total. The molecule has 1 unspecified atom stereocenters. The van der Waals surface area contributed by atoms with Crippen molar-refractivity contribution in [2.75, 3.05) is 6.54 Å². The van der Waals surface area contributed by atoms with Crippen LogP contribution < -0.4 is 10.1 Å². The number of nitrogens with one attached hydrogen (secondary N) is 1. The Morgan fingerprint density at radius 3 is 2.52 bits per heavy atom. The molecule has 4 nitrogen and oxygen atoms in total. The standard InChI is InChI=1S/C15H19F2N3O/c1-11(18-9-7-13-8-10-19-20(13)2)12-3-5-14(6-4-12)21-15(16)17/h3-6,8,10-11,15,18H,7,9H2,1-2H3. The summed E-state index contributed by atoms with van der Waals surface area (Å²) in [6.07, 6.45) is 2.66. The van der Waals surface area contributed by atoms with Crippen LogP contribution >= 0.6 is 0 Å². The van der Waals surface area contributed by atoms with Crippen LogP contribution in [0, 0.1) is 0 Å². The number of alkyl halides is 2. The summed E-state index contributed by atoms with van der Waals surface area (Å²) in [5.74, 6) is 0.177. The van der Waals surface area contributed by atoms with Gasteiger partial charge >= 0.3 is 6.61 Å². The molecule has 2 rings (SSSR count). The molecule has 0 saturated carbocycles. The molecule has 0 aliphatic heterocycles. The number of aromatic nitrogens is 2. The summed E-state index contributed by atoms with van der Waals surface area (Å²) in [5, 5.41) is 7.51. The number of rotatable bonds is 7. The Morgan fingerprint density at radius 2 is 1.95 bits per heavy atom. The van der Waals surface area contributed by atoms with Crippen molar-refractivity contribution in [3.8, 4) is 5.75 Å².